The van der Waals surface area contributed by atoms with Gasteiger partial charge in [0.15, 0.2) is 0 Å². The number of hydrogen-bond donors (Lipinski definition) is 1. The number of amides is 1. The summed E-state index contributed by atoms with van der Waals surface area (Å²) in [7, 11) is 0. The third-order valence-electron chi connectivity index (χ3n) is 3.34. The number of aryl methyl sites for hydroxylation is 1. The monoisotopic (exact) mass is 279 g/mol. The minimum Gasteiger partial charge on any atom is -0.373 e. The molecule has 1 aromatic rings. The van der Waals surface area contributed by atoms with Gasteiger partial charge in [0.2, 0.25) is 0 Å². The molecule has 0 saturated carbocycles. The number of nitrogens with zero attached hydrogens (tertiary/aromatic N) is 2. The van der Waals surface area contributed by atoms with Gasteiger partial charge < -0.3 is 15.4 Å². The molecule has 2 rings (SSSR count). The number of nitro benzene ring substituents is 1. The first-order chi connectivity index (χ1) is 9.52. The largest absolute Gasteiger partial charge is 0.373 e. The molecule has 20 heavy (non-hydrogen) atoms. The summed E-state index contributed by atoms with van der Waals surface area (Å²) in [6.45, 7) is 3.47. The van der Waals surface area contributed by atoms with Crippen LogP contribution in [0.4, 0.5) is 5.69 Å². The molecule has 2 N–H and O–H groups in total. The van der Waals surface area contributed by atoms with E-state index in [4.69, 9.17) is 10.5 Å². The van der Waals surface area contributed by atoms with Gasteiger partial charge in [0.1, 0.15) is 0 Å². The van der Waals surface area contributed by atoms with Crippen LogP contribution in [0.2, 0.25) is 0 Å². The number of carbonyl (C=O) groups excluding carboxylic acids is 1. The second-order valence-corrected chi connectivity index (χ2v) is 4.74. The van der Waals surface area contributed by atoms with Gasteiger partial charge in [-0.05, 0) is 18.6 Å². The number of ether oxygens (including phenoxy) is 1. The first kappa shape index (κ1) is 14.4. The smallest absolute Gasteiger partial charge is 0.269 e. The molecule has 1 amide bonds. The van der Waals surface area contributed by atoms with Crippen LogP contribution in [0.3, 0.4) is 0 Å². The highest BCUT2D eigenvalue weighted by molar-refractivity contribution is 5.96. The van der Waals surface area contributed by atoms with E-state index >= 15 is 0 Å². The van der Waals surface area contributed by atoms with Crippen LogP contribution in [0, 0.1) is 17.0 Å². The van der Waals surface area contributed by atoms with Crippen molar-refractivity contribution in [3.05, 3.63) is 39.4 Å². The number of hydrogen-bond acceptors (Lipinski definition) is 5. The van der Waals surface area contributed by atoms with Gasteiger partial charge in [0.25, 0.3) is 11.6 Å². The first-order valence-electron chi connectivity index (χ1n) is 6.39. The molecule has 0 radical (unpaired) electrons. The van der Waals surface area contributed by atoms with Crippen molar-refractivity contribution >= 4 is 11.6 Å². The highest BCUT2D eigenvalue weighted by atomic mass is 16.6. The third kappa shape index (κ3) is 2.94. The Labute approximate surface area is 116 Å². The minimum absolute atomic E-state index is 0.0131. The summed E-state index contributed by atoms with van der Waals surface area (Å²) in [5.74, 6) is -0.140. The SMILES string of the molecule is Cc1cc([N+](=O)[O-])ccc1C(=O)N1CCOC(CN)C1. The molecule has 1 heterocycles. The van der Waals surface area contributed by atoms with E-state index in [0.29, 0.717) is 37.4 Å². The fourth-order valence-electron chi connectivity index (χ4n) is 2.22. The molecule has 1 atom stereocenters. The van der Waals surface area contributed by atoms with Crippen LogP contribution >= 0.6 is 0 Å². The van der Waals surface area contributed by atoms with Crippen molar-refractivity contribution in [1.82, 2.24) is 4.90 Å². The predicted molar refractivity (Wildman–Crippen MR) is 72.5 cm³/mol. The molecular weight excluding hydrogens is 262 g/mol. The average molecular weight is 279 g/mol. The van der Waals surface area contributed by atoms with E-state index < -0.39 is 4.92 Å². The fourth-order valence-corrected chi connectivity index (χ4v) is 2.22. The number of non-ortho nitro benzene ring substituents is 1. The number of nitro groups is 1. The van der Waals surface area contributed by atoms with Crippen LogP contribution in [-0.2, 0) is 4.74 Å². The zero-order chi connectivity index (χ0) is 14.7. The van der Waals surface area contributed by atoms with Gasteiger partial charge in [-0.1, -0.05) is 0 Å². The molecule has 7 nitrogen and oxygen atoms in total. The standard InChI is InChI=1S/C13H17N3O4/c1-9-6-10(16(18)19)2-3-12(9)13(17)15-4-5-20-11(7-14)8-15/h2-3,6,11H,4-5,7-8,14H2,1H3. The van der Waals surface area contributed by atoms with Gasteiger partial charge in [-0.3, -0.25) is 14.9 Å². The van der Waals surface area contributed by atoms with E-state index in [1.54, 1.807) is 11.8 Å². The van der Waals surface area contributed by atoms with Crippen LogP contribution in [0.5, 0.6) is 0 Å². The van der Waals surface area contributed by atoms with Crippen LogP contribution in [0.25, 0.3) is 0 Å². The number of morpholine rings is 1. The Morgan fingerprint density at radius 2 is 2.35 bits per heavy atom. The zero-order valence-electron chi connectivity index (χ0n) is 11.2. The van der Waals surface area contributed by atoms with Crippen LogP contribution in [0.15, 0.2) is 18.2 Å². The Balaban J connectivity index is 2.18. The molecule has 0 spiro atoms. The topological polar surface area (TPSA) is 98.7 Å². The Kier molecular flexibility index (Phi) is 4.31. The summed E-state index contributed by atoms with van der Waals surface area (Å²) in [5, 5.41) is 10.7. The Morgan fingerprint density at radius 3 is 2.95 bits per heavy atom. The van der Waals surface area contributed by atoms with Crippen molar-refractivity contribution in [1.29, 1.82) is 0 Å². The van der Waals surface area contributed by atoms with Crippen molar-refractivity contribution in [2.24, 2.45) is 5.73 Å². The maximum atomic E-state index is 12.4. The lowest BCUT2D eigenvalue weighted by Gasteiger charge is -2.32. The van der Waals surface area contributed by atoms with Crippen molar-refractivity contribution in [2.75, 3.05) is 26.2 Å². The van der Waals surface area contributed by atoms with E-state index in [9.17, 15) is 14.9 Å². The molecule has 0 bridgehead atoms. The second kappa shape index (κ2) is 5.98. The molecule has 1 unspecified atom stereocenters. The lowest BCUT2D eigenvalue weighted by Crippen LogP contribution is -2.48. The number of rotatable bonds is 3. The van der Waals surface area contributed by atoms with Crippen molar-refractivity contribution in [2.45, 2.75) is 13.0 Å². The molecule has 1 aliphatic rings. The van der Waals surface area contributed by atoms with E-state index in [1.807, 2.05) is 0 Å². The van der Waals surface area contributed by atoms with Gasteiger partial charge in [0.05, 0.1) is 17.6 Å². The second-order valence-electron chi connectivity index (χ2n) is 4.74. The quantitative estimate of drug-likeness (QED) is 0.648. The maximum Gasteiger partial charge on any atom is 0.269 e. The third-order valence-corrected chi connectivity index (χ3v) is 3.34. The van der Waals surface area contributed by atoms with Crippen LogP contribution in [0.1, 0.15) is 15.9 Å². The van der Waals surface area contributed by atoms with Gasteiger partial charge in [0, 0.05) is 37.3 Å². The van der Waals surface area contributed by atoms with Crippen LogP contribution < -0.4 is 5.73 Å². The lowest BCUT2D eigenvalue weighted by molar-refractivity contribution is -0.384. The highest BCUT2D eigenvalue weighted by Crippen LogP contribution is 2.19. The van der Waals surface area contributed by atoms with Crippen LogP contribution in [-0.4, -0.2) is 48.1 Å². The van der Waals surface area contributed by atoms with Crippen molar-refractivity contribution in [3.8, 4) is 0 Å². The highest BCUT2D eigenvalue weighted by Gasteiger charge is 2.25. The first-order valence-corrected chi connectivity index (χ1v) is 6.39. The van der Waals surface area contributed by atoms with E-state index in [2.05, 4.69) is 0 Å². The molecule has 1 fully saturated rings. The number of nitrogens with two attached hydrogens (primary N) is 1. The summed E-state index contributed by atoms with van der Waals surface area (Å²) >= 11 is 0. The Morgan fingerprint density at radius 1 is 1.60 bits per heavy atom. The number of carbonyl (C=O) groups is 1. The molecule has 1 aliphatic heterocycles. The van der Waals surface area contributed by atoms with E-state index in [-0.39, 0.29) is 17.7 Å². The molecular formula is C13H17N3O4. The molecule has 1 saturated heterocycles. The zero-order valence-corrected chi connectivity index (χ0v) is 11.2. The van der Waals surface area contributed by atoms with E-state index in [0.717, 1.165) is 0 Å². The molecule has 0 aromatic heterocycles. The van der Waals surface area contributed by atoms with Gasteiger partial charge in [-0.25, -0.2) is 0 Å². The average Bonchev–Trinajstić information content (AvgIpc) is 2.46. The Hall–Kier alpha value is -1.99. The summed E-state index contributed by atoms with van der Waals surface area (Å²) in [5.41, 5.74) is 6.61. The van der Waals surface area contributed by atoms with Gasteiger partial charge in [-0.2, -0.15) is 0 Å². The van der Waals surface area contributed by atoms with Gasteiger partial charge >= 0.3 is 0 Å². The van der Waals surface area contributed by atoms with Gasteiger partial charge in [-0.15, -0.1) is 0 Å². The summed E-state index contributed by atoms with van der Waals surface area (Å²) in [6, 6.07) is 4.26. The predicted octanol–water partition coefficient (Wildman–Crippen LogP) is 0.703. The normalized spacial score (nSPS) is 18.9. The van der Waals surface area contributed by atoms with Crippen molar-refractivity contribution in [3.63, 3.8) is 0 Å². The molecule has 1 aromatic carbocycles. The molecule has 0 aliphatic carbocycles. The summed E-state index contributed by atoms with van der Waals surface area (Å²) in [6.07, 6.45) is -0.147. The molecule has 7 heteroatoms. The fraction of sp³-hybridized carbons (Fsp3) is 0.462. The Bertz CT molecular complexity index is 532. The maximum absolute atomic E-state index is 12.4. The lowest BCUT2D eigenvalue weighted by atomic mass is 10.1. The molecule has 108 valence electrons. The summed E-state index contributed by atoms with van der Waals surface area (Å²) < 4.78 is 5.42. The van der Waals surface area contributed by atoms with E-state index in [1.165, 1.54) is 18.2 Å². The minimum atomic E-state index is -0.472. The number of benzene rings is 1. The summed E-state index contributed by atoms with van der Waals surface area (Å²) in [4.78, 5) is 24.3. The van der Waals surface area contributed by atoms with Crippen molar-refractivity contribution < 1.29 is 14.5 Å².